The molecule has 1 heterocycles. The lowest BCUT2D eigenvalue weighted by atomic mass is 10.0. The standard InChI is InChI=1S/C18H22N2O/c19-17(10-14-6-2-1-3-7-14)18(21)13-20-11-15-8-4-5-9-16(15)12-20/h1-9,17-18,21H,10-13,19H2/t17-,18+/m1/s1. The Morgan fingerprint density at radius 2 is 1.52 bits per heavy atom. The number of benzene rings is 2. The molecule has 0 fully saturated rings. The maximum absolute atomic E-state index is 10.4. The van der Waals surface area contributed by atoms with E-state index in [1.54, 1.807) is 0 Å². The fraction of sp³-hybridized carbons (Fsp3) is 0.333. The van der Waals surface area contributed by atoms with Crippen LogP contribution in [0.2, 0.25) is 0 Å². The van der Waals surface area contributed by atoms with Gasteiger partial charge in [0.05, 0.1) is 6.10 Å². The Morgan fingerprint density at radius 1 is 0.952 bits per heavy atom. The van der Waals surface area contributed by atoms with Gasteiger partial charge in [-0.3, -0.25) is 4.90 Å². The smallest absolute Gasteiger partial charge is 0.0821 e. The normalized spacial score (nSPS) is 17.4. The second kappa shape index (κ2) is 6.39. The Bertz CT molecular complexity index is 560. The number of nitrogens with two attached hydrogens (primary N) is 1. The van der Waals surface area contributed by atoms with Crippen molar-refractivity contribution in [3.63, 3.8) is 0 Å². The zero-order valence-corrected chi connectivity index (χ0v) is 12.2. The number of β-amino-alcohol motifs (C(OH)–C–C–N with tert-alkyl or cyclic N) is 1. The highest BCUT2D eigenvalue weighted by atomic mass is 16.3. The zero-order chi connectivity index (χ0) is 14.7. The van der Waals surface area contributed by atoms with Gasteiger partial charge in [-0.05, 0) is 23.1 Å². The molecule has 3 heteroatoms. The first-order chi connectivity index (χ1) is 10.2. The third-order valence-corrected chi connectivity index (χ3v) is 4.16. The van der Waals surface area contributed by atoms with E-state index in [-0.39, 0.29) is 6.04 Å². The first-order valence-corrected chi connectivity index (χ1v) is 7.49. The van der Waals surface area contributed by atoms with Crippen LogP contribution in [0.15, 0.2) is 54.6 Å². The second-order valence-electron chi connectivity index (χ2n) is 5.86. The lowest BCUT2D eigenvalue weighted by Crippen LogP contribution is -2.43. The average Bonchev–Trinajstić information content (AvgIpc) is 2.90. The van der Waals surface area contributed by atoms with Crippen LogP contribution in [0, 0.1) is 0 Å². The molecule has 0 saturated heterocycles. The molecule has 21 heavy (non-hydrogen) atoms. The van der Waals surface area contributed by atoms with Crippen LogP contribution < -0.4 is 5.73 Å². The van der Waals surface area contributed by atoms with Gasteiger partial charge in [-0.1, -0.05) is 54.6 Å². The molecule has 0 saturated carbocycles. The van der Waals surface area contributed by atoms with E-state index in [4.69, 9.17) is 5.73 Å². The van der Waals surface area contributed by atoms with Crippen molar-refractivity contribution in [2.24, 2.45) is 5.73 Å². The molecule has 3 rings (SSSR count). The first kappa shape index (κ1) is 14.3. The molecular formula is C18H22N2O. The van der Waals surface area contributed by atoms with Crippen LogP contribution >= 0.6 is 0 Å². The number of nitrogens with zero attached hydrogens (tertiary/aromatic N) is 1. The molecule has 2 aromatic carbocycles. The molecule has 0 unspecified atom stereocenters. The Hall–Kier alpha value is -1.68. The Morgan fingerprint density at radius 3 is 2.14 bits per heavy atom. The highest BCUT2D eigenvalue weighted by molar-refractivity contribution is 5.30. The van der Waals surface area contributed by atoms with Crippen LogP contribution in [0.25, 0.3) is 0 Å². The fourth-order valence-corrected chi connectivity index (χ4v) is 2.96. The second-order valence-corrected chi connectivity index (χ2v) is 5.86. The summed E-state index contributed by atoms with van der Waals surface area (Å²) in [6.45, 7) is 2.44. The van der Waals surface area contributed by atoms with Gasteiger partial charge < -0.3 is 10.8 Å². The molecule has 2 aromatic rings. The summed E-state index contributed by atoms with van der Waals surface area (Å²) in [5, 5.41) is 10.4. The van der Waals surface area contributed by atoms with Gasteiger partial charge >= 0.3 is 0 Å². The van der Waals surface area contributed by atoms with Crippen molar-refractivity contribution < 1.29 is 5.11 Å². The van der Waals surface area contributed by atoms with Crippen molar-refractivity contribution in [3.05, 3.63) is 71.3 Å². The maximum atomic E-state index is 10.4. The molecule has 1 aliphatic rings. The molecule has 0 radical (unpaired) electrons. The molecule has 0 bridgehead atoms. The number of fused-ring (bicyclic) bond motifs is 1. The van der Waals surface area contributed by atoms with E-state index in [0.717, 1.165) is 13.1 Å². The van der Waals surface area contributed by atoms with Gasteiger partial charge in [0, 0.05) is 25.7 Å². The van der Waals surface area contributed by atoms with Crippen molar-refractivity contribution in [1.29, 1.82) is 0 Å². The van der Waals surface area contributed by atoms with Crippen LogP contribution in [-0.2, 0) is 19.5 Å². The van der Waals surface area contributed by atoms with Crippen LogP contribution in [0.5, 0.6) is 0 Å². The number of hydrogen-bond acceptors (Lipinski definition) is 3. The number of aliphatic hydroxyl groups is 1. The third-order valence-electron chi connectivity index (χ3n) is 4.16. The Balaban J connectivity index is 1.54. The summed E-state index contributed by atoms with van der Waals surface area (Å²) in [5.41, 5.74) is 10.1. The molecule has 0 aliphatic carbocycles. The van der Waals surface area contributed by atoms with E-state index in [9.17, 15) is 5.11 Å². The van der Waals surface area contributed by atoms with Crippen molar-refractivity contribution in [2.45, 2.75) is 31.7 Å². The quantitative estimate of drug-likeness (QED) is 0.881. The van der Waals surface area contributed by atoms with Crippen molar-refractivity contribution in [2.75, 3.05) is 6.54 Å². The highest BCUT2D eigenvalue weighted by Gasteiger charge is 2.23. The Labute approximate surface area is 126 Å². The van der Waals surface area contributed by atoms with E-state index in [1.807, 2.05) is 18.2 Å². The lowest BCUT2D eigenvalue weighted by molar-refractivity contribution is 0.0898. The predicted octanol–water partition coefficient (Wildman–Crippen LogP) is 1.93. The van der Waals surface area contributed by atoms with Crippen molar-refractivity contribution in [1.82, 2.24) is 4.90 Å². The molecule has 0 amide bonds. The van der Waals surface area contributed by atoms with Gasteiger partial charge in [-0.15, -0.1) is 0 Å². The molecular weight excluding hydrogens is 260 g/mol. The van der Waals surface area contributed by atoms with E-state index in [1.165, 1.54) is 16.7 Å². The van der Waals surface area contributed by atoms with E-state index < -0.39 is 6.10 Å². The summed E-state index contributed by atoms with van der Waals surface area (Å²) in [4.78, 5) is 2.26. The van der Waals surface area contributed by atoms with E-state index in [2.05, 4.69) is 41.3 Å². The van der Waals surface area contributed by atoms with Gasteiger partial charge in [-0.2, -0.15) is 0 Å². The summed E-state index contributed by atoms with van der Waals surface area (Å²) in [7, 11) is 0. The summed E-state index contributed by atoms with van der Waals surface area (Å²) in [6.07, 6.45) is 0.211. The van der Waals surface area contributed by atoms with E-state index >= 15 is 0 Å². The first-order valence-electron chi connectivity index (χ1n) is 7.49. The SMILES string of the molecule is N[C@H](Cc1ccccc1)[C@@H](O)CN1Cc2ccccc2C1. The monoisotopic (exact) mass is 282 g/mol. The summed E-state index contributed by atoms with van der Waals surface area (Å²) >= 11 is 0. The molecule has 2 atom stereocenters. The molecule has 1 aliphatic heterocycles. The minimum Gasteiger partial charge on any atom is -0.390 e. The summed E-state index contributed by atoms with van der Waals surface area (Å²) < 4.78 is 0. The largest absolute Gasteiger partial charge is 0.390 e. The lowest BCUT2D eigenvalue weighted by Gasteiger charge is -2.24. The Kier molecular flexibility index (Phi) is 4.34. The molecule has 3 N–H and O–H groups in total. The van der Waals surface area contributed by atoms with Crippen molar-refractivity contribution >= 4 is 0 Å². The van der Waals surface area contributed by atoms with Crippen LogP contribution in [0.3, 0.4) is 0 Å². The highest BCUT2D eigenvalue weighted by Crippen LogP contribution is 2.22. The predicted molar refractivity (Wildman–Crippen MR) is 84.7 cm³/mol. The fourth-order valence-electron chi connectivity index (χ4n) is 2.96. The van der Waals surface area contributed by atoms with Crippen LogP contribution in [0.4, 0.5) is 0 Å². The van der Waals surface area contributed by atoms with Gasteiger partial charge in [-0.25, -0.2) is 0 Å². The van der Waals surface area contributed by atoms with Gasteiger partial charge in [0.2, 0.25) is 0 Å². The molecule has 0 spiro atoms. The van der Waals surface area contributed by atoms with E-state index in [0.29, 0.717) is 13.0 Å². The van der Waals surface area contributed by atoms with Crippen LogP contribution in [0.1, 0.15) is 16.7 Å². The van der Waals surface area contributed by atoms with Crippen molar-refractivity contribution in [3.8, 4) is 0 Å². The zero-order valence-electron chi connectivity index (χ0n) is 12.2. The maximum Gasteiger partial charge on any atom is 0.0821 e. The third kappa shape index (κ3) is 3.50. The summed E-state index contributed by atoms with van der Waals surface area (Å²) in [5.74, 6) is 0. The topological polar surface area (TPSA) is 49.5 Å². The minimum atomic E-state index is -0.500. The molecule has 3 nitrogen and oxygen atoms in total. The number of rotatable bonds is 5. The number of hydrogen-bond donors (Lipinski definition) is 2. The molecule has 110 valence electrons. The van der Waals surface area contributed by atoms with Gasteiger partial charge in [0.1, 0.15) is 0 Å². The van der Waals surface area contributed by atoms with Gasteiger partial charge in [0.25, 0.3) is 0 Å². The molecule has 0 aromatic heterocycles. The summed E-state index contributed by atoms with van der Waals surface area (Å²) in [6, 6.07) is 18.3. The van der Waals surface area contributed by atoms with Gasteiger partial charge in [0.15, 0.2) is 0 Å². The minimum absolute atomic E-state index is 0.226. The average molecular weight is 282 g/mol. The van der Waals surface area contributed by atoms with Crippen LogP contribution in [-0.4, -0.2) is 28.7 Å². The number of aliphatic hydroxyl groups excluding tert-OH is 1.